The van der Waals surface area contributed by atoms with Crippen molar-refractivity contribution in [2.45, 2.75) is 26.0 Å². The van der Waals surface area contributed by atoms with Crippen molar-refractivity contribution in [1.29, 1.82) is 0 Å². The molecular weight excluding hydrogens is 316 g/mol. The number of ether oxygens (including phenoxy) is 1. The molecule has 0 spiro atoms. The normalized spacial score (nSPS) is 18.5. The van der Waals surface area contributed by atoms with Crippen LogP contribution in [-0.2, 0) is 4.79 Å². The van der Waals surface area contributed by atoms with Crippen molar-refractivity contribution >= 4 is 17.8 Å². The number of nitrogens with zero attached hydrogens (tertiary/aromatic N) is 1. The number of benzene rings is 2. The molecule has 0 bridgehead atoms. The summed E-state index contributed by atoms with van der Waals surface area (Å²) < 4.78 is 5.94. The number of rotatable bonds is 2. The van der Waals surface area contributed by atoms with Crippen molar-refractivity contribution in [3.8, 4) is 11.5 Å². The lowest BCUT2D eigenvalue weighted by molar-refractivity contribution is -0.117. The zero-order valence-corrected chi connectivity index (χ0v) is 14.0. The molecule has 2 aromatic rings. The molecule has 4 rings (SSSR count). The number of phenols is 1. The molecule has 2 N–H and O–H groups in total. The maximum atomic E-state index is 12.5. The summed E-state index contributed by atoms with van der Waals surface area (Å²) in [5.41, 5.74) is 3.20. The molecule has 0 radical (unpaired) electrons. The summed E-state index contributed by atoms with van der Waals surface area (Å²) in [7, 11) is 0. The van der Waals surface area contributed by atoms with E-state index in [9.17, 15) is 9.90 Å². The SMILES string of the molecule is CC(C)c1ccc2c(c1)C=C1C(=O)NC(c3cccc(O)c3)=NC1O2. The molecule has 0 fully saturated rings. The number of phenolic OH excluding ortho intramolecular Hbond substituents is 1. The minimum Gasteiger partial charge on any atom is -0.508 e. The minimum atomic E-state index is -0.677. The second-order valence-corrected chi connectivity index (χ2v) is 6.50. The molecular formula is C20H18N2O3. The second-order valence-electron chi connectivity index (χ2n) is 6.50. The maximum absolute atomic E-state index is 12.5. The molecule has 1 atom stereocenters. The highest BCUT2D eigenvalue weighted by molar-refractivity contribution is 6.16. The maximum Gasteiger partial charge on any atom is 0.258 e. The van der Waals surface area contributed by atoms with Gasteiger partial charge in [-0.3, -0.25) is 4.79 Å². The predicted octanol–water partition coefficient (Wildman–Crippen LogP) is 3.19. The first-order valence-corrected chi connectivity index (χ1v) is 8.22. The smallest absolute Gasteiger partial charge is 0.258 e. The lowest BCUT2D eigenvalue weighted by Gasteiger charge is -2.28. The molecule has 5 heteroatoms. The molecule has 2 aliphatic heterocycles. The van der Waals surface area contributed by atoms with E-state index in [1.165, 1.54) is 5.56 Å². The van der Waals surface area contributed by atoms with Crippen LogP contribution in [-0.4, -0.2) is 23.1 Å². The molecule has 126 valence electrons. The van der Waals surface area contributed by atoms with Gasteiger partial charge in [-0.05, 0) is 41.8 Å². The van der Waals surface area contributed by atoms with Crippen LogP contribution in [0.1, 0.15) is 36.5 Å². The van der Waals surface area contributed by atoms with Gasteiger partial charge in [-0.15, -0.1) is 0 Å². The van der Waals surface area contributed by atoms with Crippen molar-refractivity contribution in [1.82, 2.24) is 5.32 Å². The zero-order valence-electron chi connectivity index (χ0n) is 14.0. The second kappa shape index (κ2) is 5.77. The van der Waals surface area contributed by atoms with Gasteiger partial charge in [0.1, 0.15) is 17.3 Å². The molecule has 0 aromatic heterocycles. The highest BCUT2D eigenvalue weighted by Crippen LogP contribution is 2.34. The molecule has 2 aromatic carbocycles. The molecule has 0 aliphatic carbocycles. The third-order valence-electron chi connectivity index (χ3n) is 4.38. The first-order valence-electron chi connectivity index (χ1n) is 8.22. The summed E-state index contributed by atoms with van der Waals surface area (Å²) in [5, 5.41) is 12.4. The van der Waals surface area contributed by atoms with Gasteiger partial charge in [-0.1, -0.05) is 32.0 Å². The number of carbonyl (C=O) groups excluding carboxylic acids is 1. The third-order valence-corrected chi connectivity index (χ3v) is 4.38. The van der Waals surface area contributed by atoms with Crippen molar-refractivity contribution in [2.24, 2.45) is 4.99 Å². The van der Waals surface area contributed by atoms with Gasteiger partial charge < -0.3 is 15.2 Å². The van der Waals surface area contributed by atoms with E-state index < -0.39 is 6.23 Å². The van der Waals surface area contributed by atoms with E-state index in [0.717, 1.165) is 5.56 Å². The van der Waals surface area contributed by atoms with Crippen molar-refractivity contribution in [3.05, 3.63) is 64.7 Å². The van der Waals surface area contributed by atoms with Gasteiger partial charge in [-0.2, -0.15) is 0 Å². The zero-order chi connectivity index (χ0) is 17.6. The van der Waals surface area contributed by atoms with Crippen LogP contribution >= 0.6 is 0 Å². The summed E-state index contributed by atoms with van der Waals surface area (Å²) in [5.74, 6) is 1.39. The summed E-state index contributed by atoms with van der Waals surface area (Å²) in [6, 6.07) is 12.6. The molecule has 1 amide bonds. The number of aromatic hydroxyl groups is 1. The summed E-state index contributed by atoms with van der Waals surface area (Å²) in [4.78, 5) is 17.0. The number of amides is 1. The molecule has 25 heavy (non-hydrogen) atoms. The Labute approximate surface area is 145 Å². The Morgan fingerprint density at radius 2 is 2.04 bits per heavy atom. The Morgan fingerprint density at radius 3 is 2.80 bits per heavy atom. The molecule has 0 saturated heterocycles. The number of fused-ring (bicyclic) bond motifs is 2. The Bertz CT molecular complexity index is 928. The predicted molar refractivity (Wildman–Crippen MR) is 95.7 cm³/mol. The molecule has 2 heterocycles. The number of nitrogens with one attached hydrogen (secondary N) is 1. The Morgan fingerprint density at radius 1 is 1.20 bits per heavy atom. The van der Waals surface area contributed by atoms with Gasteiger partial charge in [0.05, 0.1) is 5.57 Å². The van der Waals surface area contributed by atoms with Crippen LogP contribution in [0.25, 0.3) is 6.08 Å². The quantitative estimate of drug-likeness (QED) is 0.886. The van der Waals surface area contributed by atoms with E-state index in [2.05, 4.69) is 24.2 Å². The Hall–Kier alpha value is -3.08. The Kier molecular flexibility index (Phi) is 3.57. The standard InChI is InChI=1S/C20H18N2O3/c1-11(2)12-6-7-17-14(8-12)10-16-19(24)21-18(22-20(16)25-17)13-4-3-5-15(23)9-13/h3-11,20,23H,1-2H3,(H,21,22,24). The van der Waals surface area contributed by atoms with Crippen LogP contribution in [0.4, 0.5) is 0 Å². The van der Waals surface area contributed by atoms with Gasteiger partial charge in [0.15, 0.2) is 0 Å². The van der Waals surface area contributed by atoms with E-state index in [4.69, 9.17) is 4.74 Å². The molecule has 5 nitrogen and oxygen atoms in total. The van der Waals surface area contributed by atoms with Gasteiger partial charge >= 0.3 is 0 Å². The topological polar surface area (TPSA) is 70.9 Å². The molecule has 2 aliphatic rings. The first-order chi connectivity index (χ1) is 12.0. The van der Waals surface area contributed by atoms with Gasteiger partial charge in [-0.25, -0.2) is 4.99 Å². The van der Waals surface area contributed by atoms with Gasteiger partial charge in [0.25, 0.3) is 5.91 Å². The summed E-state index contributed by atoms with van der Waals surface area (Å²) >= 11 is 0. The van der Waals surface area contributed by atoms with E-state index >= 15 is 0 Å². The molecule has 0 saturated carbocycles. The summed E-state index contributed by atoms with van der Waals surface area (Å²) in [6.45, 7) is 4.25. The van der Waals surface area contributed by atoms with E-state index in [1.807, 2.05) is 24.3 Å². The monoisotopic (exact) mass is 334 g/mol. The number of amidine groups is 1. The van der Waals surface area contributed by atoms with Crippen LogP contribution in [0.15, 0.2) is 53.0 Å². The van der Waals surface area contributed by atoms with E-state index in [0.29, 0.717) is 28.6 Å². The fraction of sp³-hybridized carbons (Fsp3) is 0.200. The average molecular weight is 334 g/mol. The largest absolute Gasteiger partial charge is 0.508 e. The fourth-order valence-corrected chi connectivity index (χ4v) is 2.97. The van der Waals surface area contributed by atoms with Crippen LogP contribution in [0.3, 0.4) is 0 Å². The van der Waals surface area contributed by atoms with E-state index in [1.54, 1.807) is 24.3 Å². The van der Waals surface area contributed by atoms with Crippen LogP contribution < -0.4 is 10.1 Å². The van der Waals surface area contributed by atoms with Crippen LogP contribution in [0.2, 0.25) is 0 Å². The lowest BCUT2D eigenvalue weighted by atomic mass is 9.97. The highest BCUT2D eigenvalue weighted by Gasteiger charge is 2.32. The summed E-state index contributed by atoms with van der Waals surface area (Å²) in [6.07, 6.45) is 1.16. The van der Waals surface area contributed by atoms with Gasteiger partial charge in [0.2, 0.25) is 6.23 Å². The van der Waals surface area contributed by atoms with Crippen LogP contribution in [0.5, 0.6) is 11.5 Å². The molecule has 1 unspecified atom stereocenters. The first kappa shape index (κ1) is 15.4. The lowest BCUT2D eigenvalue weighted by Crippen LogP contribution is -2.43. The fourth-order valence-electron chi connectivity index (χ4n) is 2.97. The van der Waals surface area contributed by atoms with Gasteiger partial charge in [0, 0.05) is 11.1 Å². The Balaban J connectivity index is 1.73. The third kappa shape index (κ3) is 2.78. The minimum absolute atomic E-state index is 0.118. The van der Waals surface area contributed by atoms with Crippen molar-refractivity contribution in [2.75, 3.05) is 0 Å². The number of carbonyl (C=O) groups is 1. The number of hydrogen-bond donors (Lipinski definition) is 2. The van der Waals surface area contributed by atoms with Crippen molar-refractivity contribution < 1.29 is 14.6 Å². The highest BCUT2D eigenvalue weighted by atomic mass is 16.5. The number of hydrogen-bond acceptors (Lipinski definition) is 4. The van der Waals surface area contributed by atoms with Crippen molar-refractivity contribution in [3.63, 3.8) is 0 Å². The number of aliphatic imine (C=N–C) groups is 1. The van der Waals surface area contributed by atoms with E-state index in [-0.39, 0.29) is 11.7 Å². The average Bonchev–Trinajstić information content (AvgIpc) is 2.59. The van der Waals surface area contributed by atoms with Crippen LogP contribution in [0, 0.1) is 0 Å².